The molecule has 0 bridgehead atoms. The predicted molar refractivity (Wildman–Crippen MR) is 74.4 cm³/mol. The average Bonchev–Trinajstić information content (AvgIpc) is 2.38. The minimum atomic E-state index is -0.835. The highest BCUT2D eigenvalue weighted by atomic mass is 35.5. The van der Waals surface area contributed by atoms with Crippen LogP contribution in [0.25, 0.3) is 0 Å². The van der Waals surface area contributed by atoms with Gasteiger partial charge in [0.05, 0.1) is 18.7 Å². The second kappa shape index (κ2) is 7.89. The summed E-state index contributed by atoms with van der Waals surface area (Å²) >= 11 is 6.16. The highest BCUT2D eigenvalue weighted by molar-refractivity contribution is 6.32. The first-order valence-corrected chi connectivity index (χ1v) is 6.67. The number of carbonyl (C=O) groups is 1. The summed E-state index contributed by atoms with van der Waals surface area (Å²) in [5, 5.41) is 9.13. The molecule has 0 saturated carbocycles. The van der Waals surface area contributed by atoms with Crippen LogP contribution in [0.15, 0.2) is 12.1 Å². The molecule has 1 N–H and O–H groups in total. The molecule has 0 spiro atoms. The number of methoxy groups -OCH3 is 1. The fourth-order valence-corrected chi connectivity index (χ4v) is 1.92. The summed E-state index contributed by atoms with van der Waals surface area (Å²) in [4.78, 5) is 10.6. The lowest BCUT2D eigenvalue weighted by Gasteiger charge is -2.13. The fourth-order valence-electron chi connectivity index (χ4n) is 1.63. The summed E-state index contributed by atoms with van der Waals surface area (Å²) in [5.74, 6) is 0.235. The quantitative estimate of drug-likeness (QED) is 0.743. The van der Waals surface area contributed by atoms with Gasteiger partial charge >= 0.3 is 5.97 Å². The Balaban J connectivity index is 2.84. The molecule has 0 radical (unpaired) electrons. The molecule has 5 heteroatoms. The van der Waals surface area contributed by atoms with E-state index in [-0.39, 0.29) is 6.42 Å². The predicted octanol–water partition coefficient (Wildman–Crippen LogP) is 3.54. The minimum absolute atomic E-state index is 0.0650. The van der Waals surface area contributed by atoms with Crippen LogP contribution in [0.5, 0.6) is 11.5 Å². The monoisotopic (exact) mass is 286 g/mol. The van der Waals surface area contributed by atoms with Crippen LogP contribution in [0.4, 0.5) is 0 Å². The lowest BCUT2D eigenvalue weighted by Crippen LogP contribution is -2.02. The Labute approximate surface area is 118 Å². The zero-order valence-corrected chi connectivity index (χ0v) is 12.0. The van der Waals surface area contributed by atoms with Gasteiger partial charge in [-0.2, -0.15) is 0 Å². The lowest BCUT2D eigenvalue weighted by molar-refractivity contribution is -0.136. The van der Waals surface area contributed by atoms with E-state index >= 15 is 0 Å². The van der Waals surface area contributed by atoms with Gasteiger partial charge in [-0.3, -0.25) is 4.79 Å². The molecule has 0 aromatic heterocycles. The Hall–Kier alpha value is -1.42. The molecule has 0 heterocycles. The first kappa shape index (κ1) is 15.6. The van der Waals surface area contributed by atoms with E-state index in [2.05, 4.69) is 6.92 Å². The largest absolute Gasteiger partial charge is 0.493 e. The highest BCUT2D eigenvalue weighted by Crippen LogP contribution is 2.36. The van der Waals surface area contributed by atoms with E-state index in [1.807, 2.05) is 0 Å². The van der Waals surface area contributed by atoms with Crippen LogP contribution in [-0.2, 0) is 11.2 Å². The Morgan fingerprint density at radius 2 is 2.16 bits per heavy atom. The van der Waals surface area contributed by atoms with E-state index in [9.17, 15) is 4.79 Å². The molecule has 0 aliphatic carbocycles. The van der Waals surface area contributed by atoms with Crippen molar-refractivity contribution < 1.29 is 19.4 Å². The number of unbranched alkanes of at least 4 members (excludes halogenated alkanes) is 1. The molecule has 0 aliphatic rings. The van der Waals surface area contributed by atoms with Crippen molar-refractivity contribution >= 4 is 17.6 Å². The second-order valence-corrected chi connectivity index (χ2v) is 4.61. The Kier molecular flexibility index (Phi) is 6.50. The zero-order valence-electron chi connectivity index (χ0n) is 11.2. The number of rotatable bonds is 8. The van der Waals surface area contributed by atoms with Crippen LogP contribution in [0.3, 0.4) is 0 Å². The number of aliphatic carboxylic acids is 1. The maximum atomic E-state index is 10.6. The molecule has 1 aromatic carbocycles. The molecule has 1 aromatic rings. The van der Waals surface area contributed by atoms with Gasteiger partial charge in [-0.15, -0.1) is 0 Å². The lowest BCUT2D eigenvalue weighted by atomic mass is 10.1. The van der Waals surface area contributed by atoms with Gasteiger partial charge in [0, 0.05) is 6.42 Å². The van der Waals surface area contributed by atoms with Gasteiger partial charge in [0.1, 0.15) is 0 Å². The maximum absolute atomic E-state index is 10.6. The second-order valence-electron chi connectivity index (χ2n) is 4.20. The molecule has 1 rings (SSSR count). The normalized spacial score (nSPS) is 10.3. The van der Waals surface area contributed by atoms with Crippen molar-refractivity contribution in [2.75, 3.05) is 13.7 Å². The van der Waals surface area contributed by atoms with Crippen molar-refractivity contribution in [2.45, 2.75) is 32.6 Å². The number of aryl methyl sites for hydroxylation is 1. The summed E-state index contributed by atoms with van der Waals surface area (Å²) < 4.78 is 10.9. The molecule has 0 saturated heterocycles. The molecular formula is C14H19ClO4. The molecule has 106 valence electrons. The van der Waals surface area contributed by atoms with E-state index in [1.54, 1.807) is 19.2 Å². The number of hydrogen-bond donors (Lipinski definition) is 1. The van der Waals surface area contributed by atoms with Crippen molar-refractivity contribution in [1.29, 1.82) is 0 Å². The number of carboxylic acid groups (broad SMARTS) is 1. The Bertz CT molecular complexity index is 432. The van der Waals surface area contributed by atoms with Crippen LogP contribution in [0.2, 0.25) is 5.02 Å². The van der Waals surface area contributed by atoms with Gasteiger partial charge < -0.3 is 14.6 Å². The number of halogens is 1. The summed E-state index contributed by atoms with van der Waals surface area (Å²) in [7, 11) is 1.54. The smallest absolute Gasteiger partial charge is 0.303 e. The van der Waals surface area contributed by atoms with Crippen molar-refractivity contribution in [1.82, 2.24) is 0 Å². The molecular weight excluding hydrogens is 268 g/mol. The van der Waals surface area contributed by atoms with Gasteiger partial charge in [-0.05, 0) is 30.5 Å². The average molecular weight is 287 g/mol. The maximum Gasteiger partial charge on any atom is 0.303 e. The van der Waals surface area contributed by atoms with Gasteiger partial charge in [-0.25, -0.2) is 0 Å². The standard InChI is InChI=1S/C14H19ClO4/c1-3-4-7-19-14-11(15)8-10(5-6-13(16)17)9-12(14)18-2/h8-9H,3-7H2,1-2H3,(H,16,17). The van der Waals surface area contributed by atoms with Crippen molar-refractivity contribution in [3.8, 4) is 11.5 Å². The van der Waals surface area contributed by atoms with Crippen molar-refractivity contribution in [3.63, 3.8) is 0 Å². The third kappa shape index (κ3) is 4.99. The van der Waals surface area contributed by atoms with Gasteiger partial charge in [0.15, 0.2) is 11.5 Å². The Morgan fingerprint density at radius 3 is 2.74 bits per heavy atom. The molecule has 4 nitrogen and oxygen atoms in total. The van der Waals surface area contributed by atoms with Crippen LogP contribution in [0, 0.1) is 0 Å². The summed E-state index contributed by atoms with van der Waals surface area (Å²) in [6.45, 7) is 2.66. The first-order chi connectivity index (χ1) is 9.08. The third-order valence-electron chi connectivity index (χ3n) is 2.66. The summed E-state index contributed by atoms with van der Waals surface area (Å²) in [5.41, 5.74) is 0.826. The van der Waals surface area contributed by atoms with E-state index in [0.29, 0.717) is 29.5 Å². The van der Waals surface area contributed by atoms with Gasteiger partial charge in [0.2, 0.25) is 0 Å². The molecule has 19 heavy (non-hydrogen) atoms. The highest BCUT2D eigenvalue weighted by Gasteiger charge is 2.12. The van der Waals surface area contributed by atoms with E-state index in [0.717, 1.165) is 18.4 Å². The van der Waals surface area contributed by atoms with Crippen LogP contribution in [0.1, 0.15) is 31.7 Å². The van der Waals surface area contributed by atoms with Crippen LogP contribution < -0.4 is 9.47 Å². The van der Waals surface area contributed by atoms with E-state index in [4.69, 9.17) is 26.2 Å². The molecule has 0 unspecified atom stereocenters. The number of hydrogen-bond acceptors (Lipinski definition) is 3. The minimum Gasteiger partial charge on any atom is -0.493 e. The van der Waals surface area contributed by atoms with Gasteiger partial charge in [-0.1, -0.05) is 24.9 Å². The van der Waals surface area contributed by atoms with Crippen molar-refractivity contribution in [2.24, 2.45) is 0 Å². The molecule has 0 fully saturated rings. The Morgan fingerprint density at radius 1 is 1.42 bits per heavy atom. The molecule has 0 atom stereocenters. The zero-order chi connectivity index (χ0) is 14.3. The number of ether oxygens (including phenoxy) is 2. The number of benzene rings is 1. The topological polar surface area (TPSA) is 55.8 Å². The van der Waals surface area contributed by atoms with Crippen LogP contribution >= 0.6 is 11.6 Å². The summed E-state index contributed by atoms with van der Waals surface area (Å²) in [6, 6.07) is 3.50. The van der Waals surface area contributed by atoms with E-state index < -0.39 is 5.97 Å². The fraction of sp³-hybridized carbons (Fsp3) is 0.500. The van der Waals surface area contributed by atoms with Crippen molar-refractivity contribution in [3.05, 3.63) is 22.7 Å². The first-order valence-electron chi connectivity index (χ1n) is 6.29. The van der Waals surface area contributed by atoms with E-state index in [1.165, 1.54) is 0 Å². The summed E-state index contributed by atoms with van der Waals surface area (Å²) in [6.07, 6.45) is 2.47. The SMILES string of the molecule is CCCCOc1c(Cl)cc(CCC(=O)O)cc1OC. The third-order valence-corrected chi connectivity index (χ3v) is 2.94. The molecule has 0 aliphatic heterocycles. The van der Waals surface area contributed by atoms with Crippen LogP contribution in [-0.4, -0.2) is 24.8 Å². The van der Waals surface area contributed by atoms with Gasteiger partial charge in [0.25, 0.3) is 0 Å². The molecule has 0 amide bonds. The number of carboxylic acids is 1.